The second-order valence-corrected chi connectivity index (χ2v) is 8.79. The third kappa shape index (κ3) is 6.33. The third-order valence-electron chi connectivity index (χ3n) is 4.30. The minimum Gasteiger partial charge on any atom is -0.341 e. The van der Waals surface area contributed by atoms with Crippen molar-refractivity contribution in [1.82, 2.24) is 9.62 Å². The summed E-state index contributed by atoms with van der Waals surface area (Å²) in [4.78, 5) is 15.0. The first-order valence-electron chi connectivity index (χ1n) is 9.48. The van der Waals surface area contributed by atoms with Crippen LogP contribution in [0.2, 0.25) is 5.02 Å². The zero-order chi connectivity index (χ0) is 20.6. The van der Waals surface area contributed by atoms with Crippen LogP contribution in [0.15, 0.2) is 59.5 Å². The molecule has 28 heavy (non-hydrogen) atoms. The van der Waals surface area contributed by atoms with Crippen molar-refractivity contribution in [1.29, 1.82) is 0 Å². The molecule has 1 atom stereocenters. The highest BCUT2D eigenvalue weighted by atomic mass is 35.5. The number of benzene rings is 2. The number of carbonyl (C=O) groups excluding carboxylic acids is 1. The minimum absolute atomic E-state index is 0.0836. The van der Waals surface area contributed by atoms with Gasteiger partial charge >= 0.3 is 0 Å². The Kier molecular flexibility index (Phi) is 8.48. The van der Waals surface area contributed by atoms with Crippen molar-refractivity contribution in [3.05, 3.63) is 65.2 Å². The molecule has 1 unspecified atom stereocenters. The van der Waals surface area contributed by atoms with Crippen molar-refractivity contribution < 1.29 is 13.2 Å². The van der Waals surface area contributed by atoms with Gasteiger partial charge in [-0.2, -0.15) is 4.72 Å². The second-order valence-electron chi connectivity index (χ2n) is 6.64. The van der Waals surface area contributed by atoms with Crippen LogP contribution in [0.1, 0.15) is 32.3 Å². The number of amides is 1. The lowest BCUT2D eigenvalue weighted by molar-refractivity contribution is -0.133. The van der Waals surface area contributed by atoms with Crippen LogP contribution in [0.3, 0.4) is 0 Å². The molecule has 7 heteroatoms. The smallest absolute Gasteiger partial charge is 0.241 e. The number of hydrogen-bond donors (Lipinski definition) is 1. The van der Waals surface area contributed by atoms with Gasteiger partial charge in [-0.25, -0.2) is 8.42 Å². The molecule has 0 spiro atoms. The van der Waals surface area contributed by atoms with Crippen LogP contribution in [0.5, 0.6) is 0 Å². The van der Waals surface area contributed by atoms with E-state index in [2.05, 4.69) is 4.72 Å². The van der Waals surface area contributed by atoms with Crippen LogP contribution in [-0.2, 0) is 21.2 Å². The molecule has 0 radical (unpaired) electrons. The lowest BCUT2D eigenvalue weighted by atomic mass is 10.1. The lowest BCUT2D eigenvalue weighted by Gasteiger charge is -2.27. The average molecular weight is 423 g/mol. The molecule has 0 aliphatic carbocycles. The Morgan fingerprint density at radius 3 is 2.11 bits per heavy atom. The van der Waals surface area contributed by atoms with E-state index >= 15 is 0 Å². The Morgan fingerprint density at radius 2 is 1.57 bits per heavy atom. The Bertz CT molecular complexity index is 849. The number of rotatable bonds is 10. The van der Waals surface area contributed by atoms with Crippen LogP contribution in [-0.4, -0.2) is 38.4 Å². The van der Waals surface area contributed by atoms with Gasteiger partial charge < -0.3 is 4.90 Å². The molecule has 0 heterocycles. The van der Waals surface area contributed by atoms with Gasteiger partial charge in [-0.3, -0.25) is 4.79 Å². The van der Waals surface area contributed by atoms with Gasteiger partial charge in [0.25, 0.3) is 0 Å². The fourth-order valence-electron chi connectivity index (χ4n) is 2.99. The average Bonchev–Trinajstić information content (AvgIpc) is 2.68. The summed E-state index contributed by atoms with van der Waals surface area (Å²) in [5.74, 6) is -0.204. The highest BCUT2D eigenvalue weighted by molar-refractivity contribution is 7.89. The molecule has 0 aromatic heterocycles. The van der Waals surface area contributed by atoms with E-state index in [0.29, 0.717) is 18.1 Å². The molecule has 1 N–H and O–H groups in total. The Balaban J connectivity index is 2.31. The summed E-state index contributed by atoms with van der Waals surface area (Å²) < 4.78 is 28.3. The van der Waals surface area contributed by atoms with E-state index in [1.165, 1.54) is 24.3 Å². The van der Waals surface area contributed by atoms with Gasteiger partial charge in [-0.15, -0.1) is 0 Å². The van der Waals surface area contributed by atoms with Crippen molar-refractivity contribution in [3.63, 3.8) is 0 Å². The zero-order valence-electron chi connectivity index (χ0n) is 16.3. The number of halogens is 1. The first-order valence-corrected chi connectivity index (χ1v) is 11.3. The summed E-state index contributed by atoms with van der Waals surface area (Å²) >= 11 is 5.86. The van der Waals surface area contributed by atoms with Gasteiger partial charge in [0.15, 0.2) is 0 Å². The van der Waals surface area contributed by atoms with E-state index in [1.54, 1.807) is 4.90 Å². The van der Waals surface area contributed by atoms with Gasteiger partial charge in [0.2, 0.25) is 15.9 Å². The topological polar surface area (TPSA) is 66.5 Å². The summed E-state index contributed by atoms with van der Waals surface area (Å²) in [6.45, 7) is 5.20. The predicted octanol–water partition coefficient (Wildman–Crippen LogP) is 3.88. The molecule has 2 rings (SSSR count). The van der Waals surface area contributed by atoms with Gasteiger partial charge in [0.1, 0.15) is 6.04 Å². The molecule has 0 aliphatic rings. The number of carbonyl (C=O) groups is 1. The highest BCUT2D eigenvalue weighted by Crippen LogP contribution is 2.16. The highest BCUT2D eigenvalue weighted by Gasteiger charge is 2.29. The zero-order valence-corrected chi connectivity index (χ0v) is 17.8. The predicted molar refractivity (Wildman–Crippen MR) is 113 cm³/mol. The van der Waals surface area contributed by atoms with Crippen molar-refractivity contribution in [2.24, 2.45) is 0 Å². The van der Waals surface area contributed by atoms with Crippen molar-refractivity contribution in [2.45, 2.75) is 44.0 Å². The summed E-state index contributed by atoms with van der Waals surface area (Å²) in [5, 5.41) is 0.452. The molecular formula is C21H27ClN2O3S. The number of nitrogens with one attached hydrogen (secondary N) is 1. The number of sulfonamides is 1. The molecule has 0 saturated carbocycles. The Labute approximate surface area is 172 Å². The first-order chi connectivity index (χ1) is 13.4. The van der Waals surface area contributed by atoms with Gasteiger partial charge in [0, 0.05) is 18.1 Å². The van der Waals surface area contributed by atoms with Crippen LogP contribution in [0, 0.1) is 0 Å². The Hall–Kier alpha value is -1.89. The molecule has 0 aliphatic heterocycles. The normalized spacial score (nSPS) is 12.5. The minimum atomic E-state index is -3.86. The summed E-state index contributed by atoms with van der Waals surface area (Å²) in [6.07, 6.45) is 1.91. The van der Waals surface area contributed by atoms with Crippen LogP contribution in [0.25, 0.3) is 0 Å². The van der Waals surface area contributed by atoms with E-state index in [9.17, 15) is 13.2 Å². The molecular weight excluding hydrogens is 396 g/mol. The maximum absolute atomic E-state index is 13.2. The summed E-state index contributed by atoms with van der Waals surface area (Å²) in [6, 6.07) is 14.5. The van der Waals surface area contributed by atoms with E-state index in [1.807, 2.05) is 44.2 Å². The quantitative estimate of drug-likeness (QED) is 0.631. The standard InChI is InChI=1S/C21H27ClN2O3S/c1-3-14-24(15-4-2)21(25)20(16-17-8-6-5-7-9-17)23-28(26,27)19-12-10-18(22)11-13-19/h5-13,20,23H,3-4,14-16H2,1-2H3. The van der Waals surface area contributed by atoms with Crippen LogP contribution in [0.4, 0.5) is 0 Å². The lowest BCUT2D eigenvalue weighted by Crippen LogP contribution is -2.50. The molecule has 5 nitrogen and oxygen atoms in total. The molecule has 0 saturated heterocycles. The van der Waals surface area contributed by atoms with Gasteiger partial charge in [-0.1, -0.05) is 55.8 Å². The van der Waals surface area contributed by atoms with Gasteiger partial charge in [0.05, 0.1) is 4.90 Å². The molecule has 0 fully saturated rings. The molecule has 0 bridgehead atoms. The van der Waals surface area contributed by atoms with E-state index in [4.69, 9.17) is 11.6 Å². The largest absolute Gasteiger partial charge is 0.341 e. The monoisotopic (exact) mass is 422 g/mol. The SMILES string of the molecule is CCCN(CCC)C(=O)C(Cc1ccccc1)NS(=O)(=O)c1ccc(Cl)cc1. The number of nitrogens with zero attached hydrogens (tertiary/aromatic N) is 1. The molecule has 2 aromatic rings. The molecule has 1 amide bonds. The van der Waals surface area contributed by atoms with E-state index in [0.717, 1.165) is 18.4 Å². The van der Waals surface area contributed by atoms with E-state index in [-0.39, 0.29) is 17.2 Å². The fourth-order valence-corrected chi connectivity index (χ4v) is 4.31. The van der Waals surface area contributed by atoms with Gasteiger partial charge in [-0.05, 0) is 49.1 Å². The van der Waals surface area contributed by atoms with E-state index < -0.39 is 16.1 Å². The van der Waals surface area contributed by atoms with Crippen molar-refractivity contribution in [3.8, 4) is 0 Å². The van der Waals surface area contributed by atoms with Crippen molar-refractivity contribution in [2.75, 3.05) is 13.1 Å². The van der Waals surface area contributed by atoms with Crippen LogP contribution >= 0.6 is 11.6 Å². The first kappa shape index (κ1) is 22.4. The molecule has 2 aromatic carbocycles. The second kappa shape index (κ2) is 10.6. The van der Waals surface area contributed by atoms with Crippen LogP contribution < -0.4 is 4.72 Å². The number of hydrogen-bond acceptors (Lipinski definition) is 3. The van der Waals surface area contributed by atoms with Crippen molar-refractivity contribution >= 4 is 27.5 Å². The fraction of sp³-hybridized carbons (Fsp3) is 0.381. The summed E-state index contributed by atoms with van der Waals surface area (Å²) in [7, 11) is -3.86. The Morgan fingerprint density at radius 1 is 1.00 bits per heavy atom. The summed E-state index contributed by atoms with van der Waals surface area (Å²) in [5.41, 5.74) is 0.896. The maximum Gasteiger partial charge on any atom is 0.241 e. The molecule has 152 valence electrons. The third-order valence-corrected chi connectivity index (χ3v) is 6.04. The maximum atomic E-state index is 13.2.